The number of carbonyl (C=O) groups is 1. The first-order valence-electron chi connectivity index (χ1n) is 15.1. The molecule has 0 amide bonds. The van der Waals surface area contributed by atoms with Crippen molar-refractivity contribution in [3.8, 4) is 5.75 Å². The second kappa shape index (κ2) is 18.8. The van der Waals surface area contributed by atoms with Gasteiger partial charge >= 0.3 is 5.97 Å². The lowest BCUT2D eigenvalue weighted by atomic mass is 10.0. The molecule has 0 heterocycles. The van der Waals surface area contributed by atoms with Crippen molar-refractivity contribution in [2.45, 2.75) is 97.4 Å². The third-order valence-corrected chi connectivity index (χ3v) is 7.19. The zero-order chi connectivity index (χ0) is 27.5. The molecule has 0 radical (unpaired) electrons. The summed E-state index contributed by atoms with van der Waals surface area (Å²) in [6.45, 7) is 6.50. The normalized spacial score (nSPS) is 12.3. The molecule has 0 aliphatic rings. The van der Waals surface area contributed by atoms with Crippen molar-refractivity contribution < 1.29 is 18.8 Å². The van der Waals surface area contributed by atoms with E-state index in [9.17, 15) is 4.79 Å². The Morgan fingerprint density at radius 3 is 2.03 bits per heavy atom. The quantitative estimate of drug-likeness (QED) is 0.0934. The van der Waals surface area contributed by atoms with E-state index in [0.29, 0.717) is 6.61 Å². The van der Waals surface area contributed by atoms with Crippen LogP contribution in [0.1, 0.15) is 95.6 Å². The second-order valence-electron chi connectivity index (χ2n) is 11.6. The van der Waals surface area contributed by atoms with E-state index < -0.39 is 0 Å². The van der Waals surface area contributed by atoms with E-state index in [-0.39, 0.29) is 18.5 Å². The minimum atomic E-state index is -0.164. The molecule has 2 aromatic carbocycles. The summed E-state index contributed by atoms with van der Waals surface area (Å²) in [5.74, 6) is 0.538. The van der Waals surface area contributed by atoms with Crippen LogP contribution < -0.4 is 4.74 Å². The molecule has 212 valence electrons. The van der Waals surface area contributed by atoms with Gasteiger partial charge in [-0.15, -0.1) is 0 Å². The Morgan fingerprint density at radius 1 is 0.763 bits per heavy atom. The van der Waals surface area contributed by atoms with Crippen LogP contribution in [0.2, 0.25) is 0 Å². The van der Waals surface area contributed by atoms with Crippen molar-refractivity contribution >= 4 is 5.97 Å². The fraction of sp³-hybridized carbons (Fsp3) is 0.618. The predicted molar refractivity (Wildman–Crippen MR) is 159 cm³/mol. The van der Waals surface area contributed by atoms with Gasteiger partial charge in [-0.05, 0) is 37.5 Å². The number of unbranched alkanes of at least 4 members (excludes halogenated alkanes) is 10. The summed E-state index contributed by atoms with van der Waals surface area (Å²) in [5.41, 5.74) is 2.60. The van der Waals surface area contributed by atoms with Gasteiger partial charge in [0.2, 0.25) is 0 Å². The molecule has 4 heteroatoms. The SMILES string of the molecule is CCCCCCCCCCCCCc1cccc(OCCOC(=O)C(C)C[N+](C)(C)Cc2ccccc2)c1. The number of rotatable bonds is 21. The van der Waals surface area contributed by atoms with Crippen LogP contribution in [0.25, 0.3) is 0 Å². The molecule has 0 aliphatic carbocycles. The van der Waals surface area contributed by atoms with E-state index in [1.54, 1.807) is 0 Å². The average Bonchev–Trinajstić information content (AvgIpc) is 2.90. The number of esters is 1. The summed E-state index contributed by atoms with van der Waals surface area (Å²) in [4.78, 5) is 12.5. The molecular formula is C34H54NO3+. The summed E-state index contributed by atoms with van der Waals surface area (Å²) in [6, 6.07) is 18.8. The third kappa shape index (κ3) is 14.6. The van der Waals surface area contributed by atoms with E-state index in [1.165, 1.54) is 81.8 Å². The molecule has 4 nitrogen and oxygen atoms in total. The van der Waals surface area contributed by atoms with Crippen LogP contribution in [0.4, 0.5) is 0 Å². The van der Waals surface area contributed by atoms with E-state index in [4.69, 9.17) is 9.47 Å². The highest BCUT2D eigenvalue weighted by Gasteiger charge is 2.25. The molecule has 0 aliphatic heterocycles. The zero-order valence-electron chi connectivity index (χ0n) is 24.8. The molecule has 0 saturated heterocycles. The number of carbonyl (C=O) groups excluding carboxylic acids is 1. The molecule has 0 saturated carbocycles. The maximum Gasteiger partial charge on any atom is 0.314 e. The Balaban J connectivity index is 1.56. The van der Waals surface area contributed by atoms with Crippen LogP contribution in [0.5, 0.6) is 5.75 Å². The third-order valence-electron chi connectivity index (χ3n) is 7.19. The zero-order valence-corrected chi connectivity index (χ0v) is 24.8. The van der Waals surface area contributed by atoms with Gasteiger partial charge < -0.3 is 14.0 Å². The van der Waals surface area contributed by atoms with Crippen molar-refractivity contribution in [3.63, 3.8) is 0 Å². The van der Waals surface area contributed by atoms with E-state index in [0.717, 1.165) is 29.7 Å². The lowest BCUT2D eigenvalue weighted by Crippen LogP contribution is -2.44. The molecule has 0 fully saturated rings. The van der Waals surface area contributed by atoms with Gasteiger partial charge in [0.15, 0.2) is 0 Å². The van der Waals surface area contributed by atoms with Crippen molar-refractivity contribution in [3.05, 3.63) is 65.7 Å². The number of hydrogen-bond acceptors (Lipinski definition) is 3. The van der Waals surface area contributed by atoms with Crippen LogP contribution in [0.3, 0.4) is 0 Å². The highest BCUT2D eigenvalue weighted by molar-refractivity contribution is 5.72. The van der Waals surface area contributed by atoms with Gasteiger partial charge in [0.25, 0.3) is 0 Å². The molecule has 2 aromatic rings. The van der Waals surface area contributed by atoms with E-state index in [2.05, 4.69) is 63.5 Å². The summed E-state index contributed by atoms with van der Waals surface area (Å²) < 4.78 is 12.1. The Bertz CT molecular complexity index is 880. The minimum absolute atomic E-state index is 0.155. The molecule has 0 spiro atoms. The fourth-order valence-corrected chi connectivity index (χ4v) is 5.19. The topological polar surface area (TPSA) is 35.5 Å². The summed E-state index contributed by atoms with van der Waals surface area (Å²) in [7, 11) is 4.31. The number of hydrogen-bond donors (Lipinski definition) is 0. The standard InChI is InChI=1S/C34H54NO3/c1-5-6-7-8-9-10-11-12-13-14-16-20-31-23-19-24-33(27-31)37-25-26-38-34(36)30(2)28-35(3,4)29-32-21-17-15-18-22-32/h15,17-19,21-24,27,30H,5-14,16,20,25-26,28-29H2,1-4H3/q+1. The van der Waals surface area contributed by atoms with Gasteiger partial charge in [-0.25, -0.2) is 0 Å². The maximum atomic E-state index is 12.5. The van der Waals surface area contributed by atoms with Gasteiger partial charge in [-0.2, -0.15) is 0 Å². The smallest absolute Gasteiger partial charge is 0.314 e. The number of nitrogens with zero attached hydrogens (tertiary/aromatic N) is 1. The lowest BCUT2D eigenvalue weighted by molar-refractivity contribution is -0.905. The first-order chi connectivity index (χ1) is 18.4. The van der Waals surface area contributed by atoms with Crippen LogP contribution in [0, 0.1) is 5.92 Å². The Morgan fingerprint density at radius 2 is 1.37 bits per heavy atom. The molecule has 2 rings (SSSR count). The summed E-state index contributed by atoms with van der Waals surface area (Å²) in [5, 5.41) is 0. The van der Waals surface area contributed by atoms with Crippen LogP contribution in [-0.4, -0.2) is 44.3 Å². The Labute approximate surface area is 233 Å². The van der Waals surface area contributed by atoms with Crippen LogP contribution in [0.15, 0.2) is 54.6 Å². The number of quaternary nitrogens is 1. The lowest BCUT2D eigenvalue weighted by Gasteiger charge is -2.31. The van der Waals surface area contributed by atoms with Gasteiger partial charge in [0, 0.05) is 5.56 Å². The van der Waals surface area contributed by atoms with Gasteiger partial charge in [0.05, 0.1) is 20.6 Å². The van der Waals surface area contributed by atoms with Crippen molar-refractivity contribution in [1.82, 2.24) is 0 Å². The second-order valence-corrected chi connectivity index (χ2v) is 11.6. The molecule has 38 heavy (non-hydrogen) atoms. The molecule has 1 atom stereocenters. The maximum absolute atomic E-state index is 12.5. The van der Waals surface area contributed by atoms with E-state index >= 15 is 0 Å². The average molecular weight is 525 g/mol. The number of aryl methyl sites for hydroxylation is 1. The predicted octanol–water partition coefficient (Wildman–Crippen LogP) is 8.37. The summed E-state index contributed by atoms with van der Waals surface area (Å²) >= 11 is 0. The minimum Gasteiger partial charge on any atom is -0.490 e. The number of benzene rings is 2. The highest BCUT2D eigenvalue weighted by Crippen LogP contribution is 2.17. The Kier molecular flexibility index (Phi) is 15.8. The van der Waals surface area contributed by atoms with Gasteiger partial charge in [-0.3, -0.25) is 4.79 Å². The molecule has 0 aromatic heterocycles. The molecule has 0 bridgehead atoms. The van der Waals surface area contributed by atoms with Gasteiger partial charge in [-0.1, -0.05) is 114 Å². The first-order valence-corrected chi connectivity index (χ1v) is 15.1. The highest BCUT2D eigenvalue weighted by atomic mass is 16.6. The van der Waals surface area contributed by atoms with Gasteiger partial charge in [0.1, 0.15) is 31.4 Å². The van der Waals surface area contributed by atoms with Crippen molar-refractivity contribution in [1.29, 1.82) is 0 Å². The number of ether oxygens (including phenoxy) is 2. The summed E-state index contributed by atoms with van der Waals surface area (Å²) in [6.07, 6.45) is 16.1. The van der Waals surface area contributed by atoms with Crippen molar-refractivity contribution in [2.75, 3.05) is 33.9 Å². The van der Waals surface area contributed by atoms with Crippen LogP contribution in [-0.2, 0) is 22.5 Å². The molecule has 1 unspecified atom stereocenters. The van der Waals surface area contributed by atoms with E-state index in [1.807, 2.05) is 19.1 Å². The first kappa shape index (κ1) is 31.9. The van der Waals surface area contributed by atoms with Crippen LogP contribution >= 0.6 is 0 Å². The largest absolute Gasteiger partial charge is 0.490 e. The Hall–Kier alpha value is -2.33. The fourth-order valence-electron chi connectivity index (χ4n) is 5.19. The molecule has 0 N–H and O–H groups in total. The van der Waals surface area contributed by atoms with Crippen molar-refractivity contribution in [2.24, 2.45) is 5.92 Å². The monoisotopic (exact) mass is 524 g/mol. The molecular weight excluding hydrogens is 470 g/mol.